The van der Waals surface area contributed by atoms with Gasteiger partial charge in [0, 0.05) is 25.8 Å². The molecule has 1 aromatic heterocycles. The lowest BCUT2D eigenvalue weighted by molar-refractivity contribution is -0.00259. The fourth-order valence-electron chi connectivity index (χ4n) is 3.14. The van der Waals surface area contributed by atoms with Gasteiger partial charge in [-0.2, -0.15) is 0 Å². The number of halogens is 2. The first-order valence-electron chi connectivity index (χ1n) is 8.82. The number of hydrogen-bond donors (Lipinski definition) is 0. The molecule has 0 saturated carbocycles. The van der Waals surface area contributed by atoms with Crippen LogP contribution in [0.4, 0.5) is 8.78 Å². The molecule has 1 fully saturated rings. The second-order valence-electron chi connectivity index (χ2n) is 6.52. The molecule has 1 saturated heterocycles. The Morgan fingerprint density at radius 2 is 2.20 bits per heavy atom. The molecule has 4 nitrogen and oxygen atoms in total. The first kappa shape index (κ1) is 18.0. The maximum Gasteiger partial charge on any atom is 0.229 e. The second kappa shape index (κ2) is 8.06. The topological polar surface area (TPSA) is 38.5 Å². The summed E-state index contributed by atoms with van der Waals surface area (Å²) in [5, 5.41) is 0. The highest BCUT2D eigenvalue weighted by atomic mass is 19.1. The lowest BCUT2D eigenvalue weighted by atomic mass is 10.1. The molecule has 0 spiro atoms. The van der Waals surface area contributed by atoms with E-state index in [2.05, 4.69) is 16.8 Å². The third-order valence-corrected chi connectivity index (χ3v) is 4.45. The number of benzene rings is 1. The van der Waals surface area contributed by atoms with E-state index in [0.29, 0.717) is 12.3 Å². The quantitative estimate of drug-likeness (QED) is 0.778. The summed E-state index contributed by atoms with van der Waals surface area (Å²) in [5.74, 6) is -0.425. The number of aryl methyl sites for hydroxylation is 1. The number of hydrogen-bond acceptors (Lipinski definition) is 4. The van der Waals surface area contributed by atoms with Crippen molar-refractivity contribution in [1.82, 2.24) is 9.88 Å². The average Bonchev–Trinajstić information content (AvgIpc) is 2.93. The van der Waals surface area contributed by atoms with Gasteiger partial charge in [-0.05, 0) is 44.9 Å². The highest BCUT2D eigenvalue weighted by molar-refractivity contribution is 5.54. The van der Waals surface area contributed by atoms with E-state index >= 15 is 0 Å². The van der Waals surface area contributed by atoms with Gasteiger partial charge in [-0.25, -0.2) is 13.8 Å². The molecule has 3 rings (SSSR count). The zero-order chi connectivity index (χ0) is 17.8. The number of oxazole rings is 1. The van der Waals surface area contributed by atoms with Crippen LogP contribution in [0.2, 0.25) is 0 Å². The van der Waals surface area contributed by atoms with Crippen molar-refractivity contribution in [2.45, 2.75) is 45.8 Å². The van der Waals surface area contributed by atoms with Crippen LogP contribution in [0.1, 0.15) is 37.6 Å². The molecule has 0 bridgehead atoms. The minimum absolute atomic E-state index is 0.179. The third-order valence-electron chi connectivity index (χ3n) is 4.45. The predicted octanol–water partition coefficient (Wildman–Crippen LogP) is 4.32. The molecule has 6 heteroatoms. The van der Waals surface area contributed by atoms with Crippen molar-refractivity contribution in [2.75, 3.05) is 19.7 Å². The van der Waals surface area contributed by atoms with Crippen molar-refractivity contribution < 1.29 is 17.9 Å². The van der Waals surface area contributed by atoms with E-state index in [-0.39, 0.29) is 17.6 Å². The first-order chi connectivity index (χ1) is 12.1. The third kappa shape index (κ3) is 4.44. The number of rotatable bonds is 6. The lowest BCUT2D eigenvalue weighted by Gasteiger charge is -2.32. The van der Waals surface area contributed by atoms with E-state index in [4.69, 9.17) is 9.15 Å². The molecule has 25 heavy (non-hydrogen) atoms. The summed E-state index contributed by atoms with van der Waals surface area (Å²) in [4.78, 5) is 6.73. The van der Waals surface area contributed by atoms with Crippen molar-refractivity contribution in [1.29, 1.82) is 0 Å². The van der Waals surface area contributed by atoms with Gasteiger partial charge in [0.05, 0.1) is 17.4 Å². The van der Waals surface area contributed by atoms with Crippen LogP contribution in [0.5, 0.6) is 0 Å². The van der Waals surface area contributed by atoms with Crippen molar-refractivity contribution in [3.05, 3.63) is 41.3 Å². The molecule has 2 aromatic rings. The summed E-state index contributed by atoms with van der Waals surface area (Å²) in [7, 11) is 0. The predicted molar refractivity (Wildman–Crippen MR) is 91.1 cm³/mol. The van der Waals surface area contributed by atoms with Crippen LogP contribution in [-0.4, -0.2) is 35.7 Å². The molecule has 0 unspecified atom stereocenters. The van der Waals surface area contributed by atoms with E-state index in [1.807, 2.05) is 6.92 Å². The van der Waals surface area contributed by atoms with Crippen LogP contribution in [0.25, 0.3) is 11.5 Å². The van der Waals surface area contributed by atoms with Crippen molar-refractivity contribution >= 4 is 0 Å². The van der Waals surface area contributed by atoms with Gasteiger partial charge in [-0.3, -0.25) is 4.90 Å². The minimum Gasteiger partial charge on any atom is -0.441 e. The van der Waals surface area contributed by atoms with Gasteiger partial charge in [0.25, 0.3) is 0 Å². The largest absolute Gasteiger partial charge is 0.441 e. The van der Waals surface area contributed by atoms with Gasteiger partial charge in [-0.15, -0.1) is 0 Å². The van der Waals surface area contributed by atoms with Crippen LogP contribution >= 0.6 is 0 Å². The van der Waals surface area contributed by atoms with E-state index in [9.17, 15) is 8.78 Å². The molecule has 1 aromatic carbocycles. The highest BCUT2D eigenvalue weighted by Gasteiger charge is 2.23. The van der Waals surface area contributed by atoms with Crippen molar-refractivity contribution in [3.63, 3.8) is 0 Å². The Morgan fingerprint density at radius 3 is 2.96 bits per heavy atom. The summed E-state index contributed by atoms with van der Waals surface area (Å²) in [6.07, 6.45) is 3.45. The SMILES string of the molecule is CCCO[C@H]1CCCN(Cc2nc(-c3ccc(F)cc3F)oc2C)C1. The van der Waals surface area contributed by atoms with Gasteiger partial charge in [0.15, 0.2) is 0 Å². The Balaban J connectivity index is 1.70. The Labute approximate surface area is 146 Å². The summed E-state index contributed by atoms with van der Waals surface area (Å²) >= 11 is 0. The molecule has 0 N–H and O–H groups in total. The molecule has 2 heterocycles. The molecule has 0 radical (unpaired) electrons. The number of ether oxygens (including phenoxy) is 1. The molecule has 0 amide bonds. The molecule has 1 aliphatic rings. The van der Waals surface area contributed by atoms with Crippen LogP contribution in [0, 0.1) is 18.6 Å². The van der Waals surface area contributed by atoms with E-state index in [1.165, 1.54) is 12.1 Å². The molecular weight excluding hydrogens is 326 g/mol. The van der Waals surface area contributed by atoms with E-state index in [0.717, 1.165) is 50.7 Å². The van der Waals surface area contributed by atoms with Crippen LogP contribution in [-0.2, 0) is 11.3 Å². The van der Waals surface area contributed by atoms with Gasteiger partial charge < -0.3 is 9.15 Å². The molecule has 1 atom stereocenters. The van der Waals surface area contributed by atoms with Crippen LogP contribution in [0.3, 0.4) is 0 Å². The maximum absolute atomic E-state index is 13.9. The fraction of sp³-hybridized carbons (Fsp3) is 0.526. The maximum atomic E-state index is 13.9. The zero-order valence-electron chi connectivity index (χ0n) is 14.7. The number of nitrogens with zero attached hydrogens (tertiary/aromatic N) is 2. The molecule has 1 aliphatic heterocycles. The Bertz CT molecular complexity index is 717. The normalized spacial score (nSPS) is 18.6. The van der Waals surface area contributed by atoms with Gasteiger partial charge in [0.2, 0.25) is 5.89 Å². The van der Waals surface area contributed by atoms with E-state index in [1.54, 1.807) is 0 Å². The monoisotopic (exact) mass is 350 g/mol. The van der Waals surface area contributed by atoms with Gasteiger partial charge in [-0.1, -0.05) is 6.92 Å². The lowest BCUT2D eigenvalue weighted by Crippen LogP contribution is -2.39. The fourth-order valence-corrected chi connectivity index (χ4v) is 3.14. The summed E-state index contributed by atoms with van der Waals surface area (Å²) in [6.45, 7) is 7.21. The Kier molecular flexibility index (Phi) is 5.81. The van der Waals surface area contributed by atoms with Crippen molar-refractivity contribution in [3.8, 4) is 11.5 Å². The van der Waals surface area contributed by atoms with Gasteiger partial charge >= 0.3 is 0 Å². The first-order valence-corrected chi connectivity index (χ1v) is 8.82. The van der Waals surface area contributed by atoms with E-state index < -0.39 is 11.6 Å². The summed E-state index contributed by atoms with van der Waals surface area (Å²) < 4.78 is 38.5. The Morgan fingerprint density at radius 1 is 1.36 bits per heavy atom. The summed E-state index contributed by atoms with van der Waals surface area (Å²) in [5.41, 5.74) is 0.966. The minimum atomic E-state index is -0.668. The Hall–Kier alpha value is -1.79. The van der Waals surface area contributed by atoms with Crippen LogP contribution < -0.4 is 0 Å². The number of aromatic nitrogens is 1. The second-order valence-corrected chi connectivity index (χ2v) is 6.52. The highest BCUT2D eigenvalue weighted by Crippen LogP contribution is 2.26. The number of likely N-dealkylation sites (tertiary alicyclic amines) is 1. The standard InChI is InChI=1S/C19H24F2N2O2/c1-3-9-24-15-5-4-8-23(11-15)12-18-13(2)25-19(22-18)16-7-6-14(20)10-17(16)21/h6-7,10,15H,3-5,8-9,11-12H2,1-2H3/t15-/m0/s1. The molecule has 136 valence electrons. The van der Waals surface area contributed by atoms with Crippen molar-refractivity contribution in [2.24, 2.45) is 0 Å². The number of piperidine rings is 1. The average molecular weight is 350 g/mol. The summed E-state index contributed by atoms with van der Waals surface area (Å²) in [6, 6.07) is 3.40. The zero-order valence-corrected chi connectivity index (χ0v) is 14.7. The molecular formula is C19H24F2N2O2. The van der Waals surface area contributed by atoms with Crippen LogP contribution in [0.15, 0.2) is 22.6 Å². The molecule has 0 aliphatic carbocycles. The van der Waals surface area contributed by atoms with Gasteiger partial charge in [0.1, 0.15) is 17.4 Å². The smallest absolute Gasteiger partial charge is 0.229 e.